The lowest BCUT2D eigenvalue weighted by molar-refractivity contribution is 0.228. The minimum absolute atomic E-state index is 0. The van der Waals surface area contributed by atoms with Crippen LogP contribution in [0, 0.1) is 0 Å². The quantitative estimate of drug-likeness (QED) is 0.660. The van der Waals surface area contributed by atoms with Gasteiger partial charge >= 0.3 is 0 Å². The van der Waals surface area contributed by atoms with E-state index in [1.54, 1.807) is 11.3 Å². The molecule has 0 bridgehead atoms. The number of halogens is 1. The number of rotatable bonds is 3. The topological polar surface area (TPSA) is 77.8 Å². The second-order valence-corrected chi connectivity index (χ2v) is 8.20. The van der Waals surface area contributed by atoms with Gasteiger partial charge in [-0.3, -0.25) is 0 Å². The Kier molecular flexibility index (Phi) is 4.59. The zero-order valence-corrected chi connectivity index (χ0v) is 15.9. The molecule has 1 aromatic carbocycles. The van der Waals surface area contributed by atoms with E-state index < -0.39 is 0 Å². The molecule has 0 radical (unpaired) electrons. The Hall–Kier alpha value is -1.76. The largest absolute Gasteiger partial charge is 0.339 e. The van der Waals surface area contributed by atoms with Gasteiger partial charge in [-0.15, -0.1) is 23.7 Å². The van der Waals surface area contributed by atoms with E-state index >= 15 is 0 Å². The average molecular weight is 389 g/mol. The smallest absolute Gasteiger partial charge is 0.230 e. The molecule has 2 aliphatic carbocycles. The van der Waals surface area contributed by atoms with Crippen LogP contribution in [0.4, 0.5) is 0 Å². The highest BCUT2D eigenvalue weighted by molar-refractivity contribution is 7.18. The molecule has 0 aliphatic heterocycles. The van der Waals surface area contributed by atoms with Gasteiger partial charge in [0, 0.05) is 5.92 Å². The van der Waals surface area contributed by atoms with Gasteiger partial charge in [0.2, 0.25) is 5.89 Å². The Morgan fingerprint density at radius 3 is 2.58 bits per heavy atom. The number of allylic oxidation sites excluding steroid dienone is 2. The molecule has 26 heavy (non-hydrogen) atoms. The van der Waals surface area contributed by atoms with E-state index in [4.69, 9.17) is 20.2 Å². The van der Waals surface area contributed by atoms with E-state index in [0.717, 1.165) is 42.6 Å². The van der Waals surface area contributed by atoms with Crippen LogP contribution < -0.4 is 5.73 Å². The lowest BCUT2D eigenvalue weighted by Crippen LogP contribution is -2.44. The van der Waals surface area contributed by atoms with Crippen molar-refractivity contribution < 1.29 is 4.52 Å². The Balaban J connectivity index is 0.00000168. The van der Waals surface area contributed by atoms with Crippen LogP contribution in [0.2, 0.25) is 0 Å². The molecule has 2 unspecified atom stereocenters. The lowest BCUT2D eigenvalue weighted by Gasteiger charge is -2.34. The van der Waals surface area contributed by atoms with Gasteiger partial charge in [0.15, 0.2) is 5.82 Å². The monoisotopic (exact) mass is 388 g/mol. The molecule has 2 aromatic heterocycles. The maximum atomic E-state index is 6.35. The second-order valence-electron chi connectivity index (χ2n) is 7.14. The molecule has 0 saturated heterocycles. The number of fused-ring (bicyclic) bond motifs is 1. The van der Waals surface area contributed by atoms with Crippen LogP contribution >= 0.6 is 23.7 Å². The summed E-state index contributed by atoms with van der Waals surface area (Å²) in [6, 6.07) is 8.30. The third kappa shape index (κ3) is 2.86. The normalized spacial score (nSPS) is 24.2. The Morgan fingerprint density at radius 2 is 1.85 bits per heavy atom. The van der Waals surface area contributed by atoms with E-state index in [1.165, 1.54) is 4.70 Å². The fourth-order valence-electron chi connectivity index (χ4n) is 3.78. The molecule has 3 aromatic rings. The number of para-hydroxylation sites is 1. The molecule has 5 rings (SSSR count). The van der Waals surface area contributed by atoms with E-state index in [9.17, 15) is 0 Å². The molecule has 1 saturated carbocycles. The van der Waals surface area contributed by atoms with E-state index in [-0.39, 0.29) is 29.8 Å². The molecular formula is C19H21ClN4OS. The lowest BCUT2D eigenvalue weighted by atomic mass is 9.77. The average Bonchev–Trinajstić information content (AvgIpc) is 3.26. The van der Waals surface area contributed by atoms with Crippen molar-refractivity contribution in [2.24, 2.45) is 5.73 Å². The van der Waals surface area contributed by atoms with Gasteiger partial charge in [-0.25, -0.2) is 4.98 Å². The number of nitrogens with zero attached hydrogens (tertiary/aromatic N) is 3. The van der Waals surface area contributed by atoms with Gasteiger partial charge in [0.25, 0.3) is 0 Å². The molecule has 2 atom stereocenters. The molecule has 136 valence electrons. The summed E-state index contributed by atoms with van der Waals surface area (Å²) < 4.78 is 6.88. The van der Waals surface area contributed by atoms with Gasteiger partial charge in [-0.05, 0) is 44.2 Å². The summed E-state index contributed by atoms with van der Waals surface area (Å²) in [5.74, 6) is 1.84. The summed E-state index contributed by atoms with van der Waals surface area (Å²) in [5, 5.41) is 5.36. The van der Waals surface area contributed by atoms with Gasteiger partial charge in [-0.1, -0.05) is 29.4 Å². The first kappa shape index (κ1) is 17.6. The molecule has 1 fully saturated rings. The predicted octanol–water partition coefficient (Wildman–Crippen LogP) is 4.66. The number of hydrogen-bond donors (Lipinski definition) is 1. The Labute approximate surface area is 162 Å². The summed E-state index contributed by atoms with van der Waals surface area (Å²) in [6.07, 6.45) is 9.33. The van der Waals surface area contributed by atoms with Crippen molar-refractivity contribution in [2.45, 2.75) is 49.5 Å². The summed E-state index contributed by atoms with van der Waals surface area (Å²) >= 11 is 1.77. The zero-order valence-electron chi connectivity index (χ0n) is 14.3. The summed E-state index contributed by atoms with van der Waals surface area (Å²) in [7, 11) is 0. The Morgan fingerprint density at radius 1 is 1.08 bits per heavy atom. The van der Waals surface area contributed by atoms with Crippen molar-refractivity contribution in [3.05, 3.63) is 53.1 Å². The van der Waals surface area contributed by atoms with Gasteiger partial charge < -0.3 is 10.3 Å². The van der Waals surface area contributed by atoms with Gasteiger partial charge in [0.05, 0.1) is 26.7 Å². The van der Waals surface area contributed by atoms with Crippen LogP contribution in [0.5, 0.6) is 0 Å². The van der Waals surface area contributed by atoms with Crippen LogP contribution in [-0.4, -0.2) is 15.1 Å². The molecule has 2 aliphatic rings. The Bertz CT molecular complexity index is 913. The first-order valence-corrected chi connectivity index (χ1v) is 9.68. The first-order chi connectivity index (χ1) is 12.2. The van der Waals surface area contributed by atoms with Crippen molar-refractivity contribution in [2.75, 3.05) is 0 Å². The summed E-state index contributed by atoms with van der Waals surface area (Å²) in [5.41, 5.74) is 7.04. The van der Waals surface area contributed by atoms with Crippen LogP contribution in [0.3, 0.4) is 0 Å². The maximum absolute atomic E-state index is 6.35. The highest BCUT2D eigenvalue weighted by Gasteiger charge is 2.40. The fourth-order valence-corrected chi connectivity index (χ4v) is 4.92. The molecule has 0 amide bonds. The van der Waals surface area contributed by atoms with E-state index in [1.807, 2.05) is 6.07 Å². The minimum Gasteiger partial charge on any atom is -0.339 e. The van der Waals surface area contributed by atoms with Crippen molar-refractivity contribution in [3.8, 4) is 0 Å². The standard InChI is InChI=1S/C19H20N4OS.ClH/c20-19(10-5-11-19)18-22-16(24-23-18)12-6-1-2-7-13(12)17-21-14-8-3-4-9-15(14)25-17;/h1-4,8-9,12-13H,5-7,10-11,20H2;1H. The molecule has 5 nitrogen and oxygen atoms in total. The highest BCUT2D eigenvalue weighted by atomic mass is 35.5. The molecular weight excluding hydrogens is 368 g/mol. The number of thiazole rings is 1. The van der Waals surface area contributed by atoms with Crippen LogP contribution in [-0.2, 0) is 5.54 Å². The first-order valence-electron chi connectivity index (χ1n) is 8.86. The molecule has 2 N–H and O–H groups in total. The zero-order chi connectivity index (χ0) is 16.9. The SMILES string of the molecule is Cl.NC1(c2noc(C3CC=CCC3c3nc4ccccc4s3)n2)CCC1. The van der Waals surface area contributed by atoms with Crippen molar-refractivity contribution in [1.29, 1.82) is 0 Å². The second kappa shape index (κ2) is 6.76. The van der Waals surface area contributed by atoms with Gasteiger partial charge in [-0.2, -0.15) is 4.98 Å². The predicted molar refractivity (Wildman–Crippen MR) is 105 cm³/mol. The third-order valence-electron chi connectivity index (χ3n) is 5.51. The number of nitrogens with two attached hydrogens (primary N) is 1. The van der Waals surface area contributed by atoms with Crippen molar-refractivity contribution in [1.82, 2.24) is 15.1 Å². The maximum Gasteiger partial charge on any atom is 0.230 e. The van der Waals surface area contributed by atoms with Gasteiger partial charge in [0.1, 0.15) is 0 Å². The fraction of sp³-hybridized carbons (Fsp3) is 0.421. The molecule has 2 heterocycles. The van der Waals surface area contributed by atoms with Crippen molar-refractivity contribution in [3.63, 3.8) is 0 Å². The van der Waals surface area contributed by atoms with Crippen LogP contribution in [0.25, 0.3) is 10.2 Å². The third-order valence-corrected chi connectivity index (χ3v) is 6.68. The number of benzene rings is 1. The minimum atomic E-state index is -0.377. The molecule has 7 heteroatoms. The van der Waals surface area contributed by atoms with E-state index in [0.29, 0.717) is 11.7 Å². The number of aromatic nitrogens is 3. The summed E-state index contributed by atoms with van der Waals surface area (Å²) in [4.78, 5) is 9.56. The van der Waals surface area contributed by atoms with E-state index in [2.05, 4.69) is 35.5 Å². The summed E-state index contributed by atoms with van der Waals surface area (Å²) in [6.45, 7) is 0. The van der Waals surface area contributed by atoms with Crippen molar-refractivity contribution >= 4 is 34.0 Å². The number of hydrogen-bond acceptors (Lipinski definition) is 6. The highest BCUT2D eigenvalue weighted by Crippen LogP contribution is 2.44. The van der Waals surface area contributed by atoms with Crippen LogP contribution in [0.15, 0.2) is 40.9 Å². The van der Waals surface area contributed by atoms with Crippen LogP contribution in [0.1, 0.15) is 60.7 Å². The molecule has 0 spiro atoms.